The molecule has 1 aromatic rings. The van der Waals surface area contributed by atoms with E-state index in [-0.39, 0.29) is 6.04 Å². The van der Waals surface area contributed by atoms with Gasteiger partial charge in [-0.05, 0) is 62.4 Å². The van der Waals surface area contributed by atoms with Crippen molar-refractivity contribution >= 4 is 17.5 Å². The third-order valence-electron chi connectivity index (χ3n) is 4.73. The Labute approximate surface area is 131 Å². The molecule has 1 atom stereocenters. The average molecular weight is 307 g/mol. The molecule has 2 fully saturated rings. The molecule has 1 aromatic carbocycles. The zero-order valence-corrected chi connectivity index (χ0v) is 13.1. The van der Waals surface area contributed by atoms with Gasteiger partial charge in [-0.15, -0.1) is 0 Å². The van der Waals surface area contributed by atoms with Gasteiger partial charge in [-0.2, -0.15) is 0 Å². The van der Waals surface area contributed by atoms with E-state index in [4.69, 9.17) is 11.6 Å². The van der Waals surface area contributed by atoms with Crippen LogP contribution in [0.4, 0.5) is 0 Å². The van der Waals surface area contributed by atoms with Gasteiger partial charge in [0.2, 0.25) is 5.91 Å². The molecule has 21 heavy (non-hydrogen) atoms. The molecule has 3 rings (SSSR count). The second kappa shape index (κ2) is 6.80. The van der Waals surface area contributed by atoms with Crippen LogP contribution in [0.5, 0.6) is 0 Å². The molecule has 0 saturated carbocycles. The van der Waals surface area contributed by atoms with Gasteiger partial charge in [0.1, 0.15) is 0 Å². The summed E-state index contributed by atoms with van der Waals surface area (Å²) in [5, 5.41) is 4.11. The van der Waals surface area contributed by atoms with Crippen molar-refractivity contribution in [2.24, 2.45) is 5.92 Å². The monoisotopic (exact) mass is 306 g/mol. The number of rotatable bonds is 3. The van der Waals surface area contributed by atoms with E-state index >= 15 is 0 Å². The van der Waals surface area contributed by atoms with Gasteiger partial charge in [-0.3, -0.25) is 4.79 Å². The zero-order valence-electron chi connectivity index (χ0n) is 12.4. The Morgan fingerprint density at radius 3 is 2.86 bits per heavy atom. The van der Waals surface area contributed by atoms with E-state index in [1.807, 2.05) is 18.2 Å². The maximum Gasteiger partial charge on any atom is 0.223 e. The van der Waals surface area contributed by atoms with Gasteiger partial charge < -0.3 is 10.2 Å². The first kappa shape index (κ1) is 14.9. The number of nitrogens with zero attached hydrogens (tertiary/aromatic N) is 1. The summed E-state index contributed by atoms with van der Waals surface area (Å²) in [6, 6.07) is 8.18. The lowest BCUT2D eigenvalue weighted by atomic mass is 9.93. The molecule has 1 N–H and O–H groups in total. The molecule has 2 saturated heterocycles. The summed E-state index contributed by atoms with van der Waals surface area (Å²) in [7, 11) is 0. The van der Waals surface area contributed by atoms with Crippen molar-refractivity contribution in [2.45, 2.75) is 38.1 Å². The van der Waals surface area contributed by atoms with Crippen molar-refractivity contribution in [1.29, 1.82) is 0 Å². The molecular weight excluding hydrogens is 284 g/mol. The molecule has 0 aromatic heterocycles. The number of amides is 1. The minimum absolute atomic E-state index is 0.220. The van der Waals surface area contributed by atoms with Crippen LogP contribution < -0.4 is 5.32 Å². The first-order valence-electron chi connectivity index (χ1n) is 7.99. The third kappa shape index (κ3) is 3.58. The summed E-state index contributed by atoms with van der Waals surface area (Å²) >= 11 is 6.10. The molecule has 114 valence electrons. The van der Waals surface area contributed by atoms with Crippen LogP contribution in [0.25, 0.3) is 0 Å². The van der Waals surface area contributed by atoms with Gasteiger partial charge >= 0.3 is 0 Å². The molecule has 1 unspecified atom stereocenters. The summed E-state index contributed by atoms with van der Waals surface area (Å²) in [5.74, 6) is 0.878. The summed E-state index contributed by atoms with van der Waals surface area (Å²) in [5.41, 5.74) is 1.18. The highest BCUT2D eigenvalue weighted by Crippen LogP contribution is 2.34. The van der Waals surface area contributed by atoms with Crippen molar-refractivity contribution in [3.8, 4) is 0 Å². The van der Waals surface area contributed by atoms with E-state index in [1.165, 1.54) is 5.56 Å². The van der Waals surface area contributed by atoms with Crippen molar-refractivity contribution < 1.29 is 4.79 Å². The van der Waals surface area contributed by atoms with Crippen LogP contribution in [0.3, 0.4) is 0 Å². The largest absolute Gasteiger partial charge is 0.336 e. The average Bonchev–Trinajstić information content (AvgIpc) is 2.98. The van der Waals surface area contributed by atoms with E-state index in [9.17, 15) is 4.79 Å². The van der Waals surface area contributed by atoms with Gasteiger partial charge in [-0.25, -0.2) is 0 Å². The Morgan fingerprint density at radius 2 is 2.10 bits per heavy atom. The molecule has 4 heteroatoms. The smallest absolute Gasteiger partial charge is 0.223 e. The zero-order chi connectivity index (χ0) is 14.7. The van der Waals surface area contributed by atoms with Crippen LogP contribution in [0.2, 0.25) is 5.02 Å². The predicted molar refractivity (Wildman–Crippen MR) is 85.4 cm³/mol. The second-order valence-corrected chi connectivity index (χ2v) is 6.63. The molecule has 2 heterocycles. The third-order valence-corrected chi connectivity index (χ3v) is 4.96. The number of piperidine rings is 1. The number of nitrogens with one attached hydrogen (secondary N) is 1. The molecule has 0 spiro atoms. The van der Waals surface area contributed by atoms with E-state index in [1.54, 1.807) is 0 Å². The SMILES string of the molecule is O=C(CC1CCNCC1)N1CCCC1c1cccc(Cl)c1. The summed E-state index contributed by atoms with van der Waals surface area (Å²) in [4.78, 5) is 14.7. The van der Waals surface area contributed by atoms with Crippen molar-refractivity contribution in [2.75, 3.05) is 19.6 Å². The van der Waals surface area contributed by atoms with Crippen LogP contribution >= 0.6 is 11.6 Å². The van der Waals surface area contributed by atoms with Crippen LogP contribution in [0, 0.1) is 5.92 Å². The highest BCUT2D eigenvalue weighted by molar-refractivity contribution is 6.30. The Hall–Kier alpha value is -1.06. The number of carbonyl (C=O) groups is 1. The minimum atomic E-state index is 0.220. The Morgan fingerprint density at radius 1 is 1.29 bits per heavy atom. The molecule has 1 amide bonds. The topological polar surface area (TPSA) is 32.3 Å². The maximum absolute atomic E-state index is 12.7. The number of hydrogen-bond donors (Lipinski definition) is 1. The molecule has 0 bridgehead atoms. The van der Waals surface area contributed by atoms with Crippen LogP contribution in [0.15, 0.2) is 24.3 Å². The second-order valence-electron chi connectivity index (χ2n) is 6.20. The Kier molecular flexibility index (Phi) is 4.81. The first-order valence-corrected chi connectivity index (χ1v) is 8.37. The lowest BCUT2D eigenvalue weighted by Gasteiger charge is -2.28. The van der Waals surface area contributed by atoms with Gasteiger partial charge in [-0.1, -0.05) is 23.7 Å². The molecule has 0 aliphatic carbocycles. The van der Waals surface area contributed by atoms with Gasteiger partial charge in [0.05, 0.1) is 6.04 Å². The fraction of sp³-hybridized carbons (Fsp3) is 0.588. The number of likely N-dealkylation sites (tertiary alicyclic amines) is 1. The highest BCUT2D eigenvalue weighted by Gasteiger charge is 2.31. The van der Waals surface area contributed by atoms with Gasteiger partial charge in [0.15, 0.2) is 0 Å². The number of carbonyl (C=O) groups excluding carboxylic acids is 1. The number of benzene rings is 1. The molecule has 2 aliphatic rings. The highest BCUT2D eigenvalue weighted by atomic mass is 35.5. The fourth-order valence-corrected chi connectivity index (χ4v) is 3.77. The minimum Gasteiger partial charge on any atom is -0.336 e. The standard InChI is InChI=1S/C17H23ClN2O/c18-15-4-1-3-14(12-15)16-5-2-10-20(16)17(21)11-13-6-8-19-9-7-13/h1,3-4,12-13,16,19H,2,5-11H2. The van der Waals surface area contributed by atoms with Crippen LogP contribution in [0.1, 0.15) is 43.7 Å². The summed E-state index contributed by atoms with van der Waals surface area (Å²) < 4.78 is 0. The summed E-state index contributed by atoms with van der Waals surface area (Å²) in [6.45, 7) is 2.99. The fourth-order valence-electron chi connectivity index (χ4n) is 3.58. The molecule has 0 radical (unpaired) electrons. The van der Waals surface area contributed by atoms with Gasteiger partial charge in [0, 0.05) is 18.0 Å². The molecule has 3 nitrogen and oxygen atoms in total. The molecule has 2 aliphatic heterocycles. The predicted octanol–water partition coefficient (Wildman–Crippen LogP) is 3.39. The van der Waals surface area contributed by atoms with Crippen LogP contribution in [-0.4, -0.2) is 30.4 Å². The van der Waals surface area contributed by atoms with Crippen molar-refractivity contribution in [1.82, 2.24) is 10.2 Å². The summed E-state index contributed by atoms with van der Waals surface area (Å²) in [6.07, 6.45) is 5.11. The normalized spacial score (nSPS) is 23.5. The van der Waals surface area contributed by atoms with E-state index in [2.05, 4.69) is 16.3 Å². The Bertz CT molecular complexity index is 499. The molecular formula is C17H23ClN2O. The van der Waals surface area contributed by atoms with Crippen LogP contribution in [-0.2, 0) is 4.79 Å². The first-order chi connectivity index (χ1) is 10.2. The van der Waals surface area contributed by atoms with Crippen molar-refractivity contribution in [3.05, 3.63) is 34.9 Å². The quantitative estimate of drug-likeness (QED) is 0.928. The lowest BCUT2D eigenvalue weighted by Crippen LogP contribution is -2.35. The van der Waals surface area contributed by atoms with E-state index in [0.29, 0.717) is 18.2 Å². The van der Waals surface area contributed by atoms with E-state index in [0.717, 1.165) is 50.3 Å². The Balaban J connectivity index is 1.67. The number of hydrogen-bond acceptors (Lipinski definition) is 2. The number of halogens is 1. The van der Waals surface area contributed by atoms with Gasteiger partial charge in [0.25, 0.3) is 0 Å². The maximum atomic E-state index is 12.7. The van der Waals surface area contributed by atoms with E-state index < -0.39 is 0 Å². The van der Waals surface area contributed by atoms with Crippen molar-refractivity contribution in [3.63, 3.8) is 0 Å². The lowest BCUT2D eigenvalue weighted by molar-refractivity contribution is -0.133.